The van der Waals surface area contributed by atoms with Crippen LogP contribution in [0.15, 0.2) is 96.1 Å². The Bertz CT molecular complexity index is 1440. The number of ether oxygens (including phenoxy) is 5. The normalized spacial score (nSPS) is 10.6. The SMILES string of the molecule is COc1cc(C(=O)Oc2ccc(C=NNC(=O)COc3ccc(-c4ccccc4)cc3)cc2)cc(OC)c1OC. The average molecular weight is 541 g/mol. The summed E-state index contributed by atoms with van der Waals surface area (Å²) in [5, 5.41) is 3.95. The van der Waals surface area contributed by atoms with Crippen LogP contribution in [0.2, 0.25) is 0 Å². The fourth-order valence-electron chi connectivity index (χ4n) is 3.72. The molecule has 0 spiro atoms. The summed E-state index contributed by atoms with van der Waals surface area (Å²) in [4.78, 5) is 24.8. The molecule has 4 aromatic rings. The number of nitrogens with one attached hydrogen (secondary N) is 1. The van der Waals surface area contributed by atoms with Crippen molar-refractivity contribution in [2.45, 2.75) is 0 Å². The van der Waals surface area contributed by atoms with Gasteiger partial charge in [-0.15, -0.1) is 0 Å². The Morgan fingerprint density at radius 2 is 1.35 bits per heavy atom. The first-order chi connectivity index (χ1) is 19.5. The van der Waals surface area contributed by atoms with E-state index in [4.69, 9.17) is 23.7 Å². The number of hydrogen-bond donors (Lipinski definition) is 1. The molecule has 9 heteroatoms. The number of amides is 1. The predicted molar refractivity (Wildman–Crippen MR) is 151 cm³/mol. The molecule has 0 aliphatic rings. The fraction of sp³-hybridized carbons (Fsp3) is 0.129. The van der Waals surface area contributed by atoms with Crippen molar-refractivity contribution in [2.75, 3.05) is 27.9 Å². The maximum Gasteiger partial charge on any atom is 0.343 e. The van der Waals surface area contributed by atoms with Crippen molar-refractivity contribution < 1.29 is 33.3 Å². The first-order valence-corrected chi connectivity index (χ1v) is 12.2. The molecule has 0 atom stereocenters. The third-order valence-corrected chi connectivity index (χ3v) is 5.73. The van der Waals surface area contributed by atoms with Crippen LogP contribution < -0.4 is 29.1 Å². The van der Waals surface area contributed by atoms with Crippen LogP contribution in [-0.4, -0.2) is 46.0 Å². The second-order valence-corrected chi connectivity index (χ2v) is 8.34. The zero-order valence-corrected chi connectivity index (χ0v) is 22.2. The van der Waals surface area contributed by atoms with E-state index in [1.165, 1.54) is 39.7 Å². The lowest BCUT2D eigenvalue weighted by molar-refractivity contribution is -0.123. The largest absolute Gasteiger partial charge is 0.493 e. The molecule has 0 unspecified atom stereocenters. The van der Waals surface area contributed by atoms with Crippen molar-refractivity contribution in [3.63, 3.8) is 0 Å². The Kier molecular flexibility index (Phi) is 9.34. The summed E-state index contributed by atoms with van der Waals surface area (Å²) in [5.74, 6) is 0.966. The van der Waals surface area contributed by atoms with Crippen LogP contribution in [0, 0.1) is 0 Å². The van der Waals surface area contributed by atoms with E-state index in [0.717, 1.165) is 11.1 Å². The molecular formula is C31H28N2O7. The minimum atomic E-state index is -0.595. The van der Waals surface area contributed by atoms with Crippen molar-refractivity contribution in [1.29, 1.82) is 0 Å². The number of methoxy groups -OCH3 is 3. The molecular weight excluding hydrogens is 512 g/mol. The summed E-state index contributed by atoms with van der Waals surface area (Å²) < 4.78 is 26.8. The Morgan fingerprint density at radius 1 is 0.750 bits per heavy atom. The van der Waals surface area contributed by atoms with Gasteiger partial charge in [-0.2, -0.15) is 5.10 Å². The predicted octanol–water partition coefficient (Wildman–Crippen LogP) is 5.13. The number of benzene rings is 4. The Hall–Kier alpha value is -5.31. The molecule has 0 saturated carbocycles. The molecule has 4 rings (SSSR count). The molecule has 0 bridgehead atoms. The van der Waals surface area contributed by atoms with Gasteiger partial charge in [0.2, 0.25) is 5.75 Å². The standard InChI is InChI=1S/C31H28N2O7/c1-36-27-17-24(18-28(37-2)30(27)38-3)31(35)40-26-13-9-21(10-14-26)19-32-33-29(34)20-39-25-15-11-23(12-16-25)22-7-5-4-6-8-22/h4-19H,20H2,1-3H3,(H,33,34). The van der Waals surface area contributed by atoms with E-state index in [9.17, 15) is 9.59 Å². The van der Waals surface area contributed by atoms with Gasteiger partial charge in [-0.25, -0.2) is 10.2 Å². The smallest absolute Gasteiger partial charge is 0.343 e. The maximum atomic E-state index is 12.7. The highest BCUT2D eigenvalue weighted by molar-refractivity contribution is 5.93. The lowest BCUT2D eigenvalue weighted by Crippen LogP contribution is -2.24. The number of carbonyl (C=O) groups excluding carboxylic acids is 2. The molecule has 0 aromatic heterocycles. The van der Waals surface area contributed by atoms with Crippen LogP contribution in [0.4, 0.5) is 0 Å². The van der Waals surface area contributed by atoms with E-state index >= 15 is 0 Å². The summed E-state index contributed by atoms with van der Waals surface area (Å²) in [6.07, 6.45) is 1.47. The number of carbonyl (C=O) groups is 2. The van der Waals surface area contributed by atoms with Gasteiger partial charge in [-0.05, 0) is 65.2 Å². The second kappa shape index (κ2) is 13.5. The third kappa shape index (κ3) is 7.16. The monoisotopic (exact) mass is 540 g/mol. The quantitative estimate of drug-likeness (QED) is 0.122. The van der Waals surface area contributed by atoms with E-state index in [2.05, 4.69) is 10.5 Å². The molecule has 0 aliphatic carbocycles. The number of hydrogen-bond acceptors (Lipinski definition) is 8. The van der Waals surface area contributed by atoms with Crippen LogP contribution in [0.25, 0.3) is 11.1 Å². The van der Waals surface area contributed by atoms with Crippen LogP contribution >= 0.6 is 0 Å². The summed E-state index contributed by atoms with van der Waals surface area (Å²) in [5.41, 5.74) is 5.51. The van der Waals surface area contributed by atoms with Crippen molar-refractivity contribution >= 4 is 18.1 Å². The second-order valence-electron chi connectivity index (χ2n) is 8.34. The zero-order valence-electron chi connectivity index (χ0n) is 22.2. The summed E-state index contributed by atoms with van der Waals surface area (Å²) >= 11 is 0. The van der Waals surface area contributed by atoms with Gasteiger partial charge in [0.1, 0.15) is 11.5 Å². The molecule has 0 saturated heterocycles. The van der Waals surface area contributed by atoms with Gasteiger partial charge < -0.3 is 23.7 Å². The van der Waals surface area contributed by atoms with Gasteiger partial charge in [0, 0.05) is 0 Å². The van der Waals surface area contributed by atoms with E-state index in [-0.39, 0.29) is 12.2 Å². The van der Waals surface area contributed by atoms with E-state index in [1.54, 1.807) is 24.3 Å². The number of nitrogens with zero attached hydrogens (tertiary/aromatic N) is 1. The molecule has 0 fully saturated rings. The van der Waals surface area contributed by atoms with Gasteiger partial charge in [-0.1, -0.05) is 42.5 Å². The Morgan fingerprint density at radius 3 is 1.95 bits per heavy atom. The van der Waals surface area contributed by atoms with Crippen LogP contribution in [0.3, 0.4) is 0 Å². The first kappa shape index (κ1) is 27.7. The van der Waals surface area contributed by atoms with Gasteiger partial charge >= 0.3 is 5.97 Å². The summed E-state index contributed by atoms with van der Waals surface area (Å²) in [6.45, 7) is -0.183. The Balaban J connectivity index is 1.26. The lowest BCUT2D eigenvalue weighted by atomic mass is 10.1. The van der Waals surface area contributed by atoms with Crippen molar-refractivity contribution in [2.24, 2.45) is 5.10 Å². The van der Waals surface area contributed by atoms with Crippen molar-refractivity contribution in [1.82, 2.24) is 5.43 Å². The molecule has 1 N–H and O–H groups in total. The molecule has 1 amide bonds. The van der Waals surface area contributed by atoms with Crippen LogP contribution in [0.1, 0.15) is 15.9 Å². The number of esters is 1. The molecule has 0 radical (unpaired) electrons. The number of hydrazone groups is 1. The van der Waals surface area contributed by atoms with E-state index in [1.807, 2.05) is 54.6 Å². The minimum absolute atomic E-state index is 0.183. The third-order valence-electron chi connectivity index (χ3n) is 5.73. The van der Waals surface area contributed by atoms with E-state index in [0.29, 0.717) is 34.3 Å². The summed E-state index contributed by atoms with van der Waals surface area (Å²) in [7, 11) is 4.41. The molecule has 40 heavy (non-hydrogen) atoms. The molecule has 0 aliphatic heterocycles. The van der Waals surface area contributed by atoms with Gasteiger partial charge in [-0.3, -0.25) is 4.79 Å². The average Bonchev–Trinajstić information content (AvgIpc) is 3.00. The van der Waals surface area contributed by atoms with Gasteiger partial charge in [0.25, 0.3) is 5.91 Å². The fourth-order valence-corrected chi connectivity index (χ4v) is 3.72. The molecule has 204 valence electrons. The highest BCUT2D eigenvalue weighted by atomic mass is 16.5. The first-order valence-electron chi connectivity index (χ1n) is 12.2. The van der Waals surface area contributed by atoms with Crippen LogP contribution in [0.5, 0.6) is 28.7 Å². The minimum Gasteiger partial charge on any atom is -0.493 e. The van der Waals surface area contributed by atoms with Gasteiger partial charge in [0.05, 0.1) is 33.1 Å². The van der Waals surface area contributed by atoms with Crippen molar-refractivity contribution in [3.8, 4) is 39.9 Å². The Labute approximate surface area is 231 Å². The van der Waals surface area contributed by atoms with Crippen molar-refractivity contribution in [3.05, 3.63) is 102 Å². The molecule has 4 aromatic carbocycles. The zero-order chi connectivity index (χ0) is 28.3. The summed E-state index contributed by atoms with van der Waals surface area (Å²) in [6, 6.07) is 27.1. The van der Waals surface area contributed by atoms with Crippen LogP contribution in [-0.2, 0) is 4.79 Å². The van der Waals surface area contributed by atoms with Gasteiger partial charge in [0.15, 0.2) is 18.1 Å². The molecule has 9 nitrogen and oxygen atoms in total. The highest BCUT2D eigenvalue weighted by Crippen LogP contribution is 2.38. The lowest BCUT2D eigenvalue weighted by Gasteiger charge is -2.13. The number of rotatable bonds is 11. The maximum absolute atomic E-state index is 12.7. The topological polar surface area (TPSA) is 105 Å². The van der Waals surface area contributed by atoms with E-state index < -0.39 is 11.9 Å². The molecule has 0 heterocycles. The highest BCUT2D eigenvalue weighted by Gasteiger charge is 2.18.